The molecule has 28 heavy (non-hydrogen) atoms. The summed E-state index contributed by atoms with van der Waals surface area (Å²) in [5.74, 6) is 0.205. The molecule has 0 saturated heterocycles. The molecule has 0 amide bonds. The zero-order chi connectivity index (χ0) is 19.7. The number of carbonyl (C=O) groups excluding carboxylic acids is 1. The fraction of sp³-hybridized carbons (Fsp3) is 0.238. The van der Waals surface area contributed by atoms with Crippen molar-refractivity contribution in [1.82, 2.24) is 14.8 Å². The first-order chi connectivity index (χ1) is 13.5. The number of nitrogens with zero attached hydrogens (tertiary/aromatic N) is 3. The standard InChI is InChI=1S/C21H19ClN4O2/c1-13(27)18-19(15-4-2-5-16(22)10-15)25-26(12-14-7-8-14)21(28)20(18)24-17-6-3-9-23-11-17/h2-6,9-11,14,24H,7-8,12H2,1H3. The lowest BCUT2D eigenvalue weighted by atomic mass is 10.0. The number of nitrogens with one attached hydrogen (secondary N) is 1. The van der Waals surface area contributed by atoms with Gasteiger partial charge in [-0.3, -0.25) is 14.6 Å². The van der Waals surface area contributed by atoms with Crippen molar-refractivity contribution >= 4 is 28.8 Å². The van der Waals surface area contributed by atoms with Crippen LogP contribution < -0.4 is 10.9 Å². The molecule has 0 unspecified atom stereocenters. The van der Waals surface area contributed by atoms with Crippen molar-refractivity contribution in [2.24, 2.45) is 5.92 Å². The van der Waals surface area contributed by atoms with Crippen LogP contribution >= 0.6 is 11.6 Å². The molecule has 7 heteroatoms. The molecule has 1 fully saturated rings. The van der Waals surface area contributed by atoms with Crippen molar-refractivity contribution in [2.45, 2.75) is 26.3 Å². The van der Waals surface area contributed by atoms with Crippen LogP contribution in [0, 0.1) is 5.92 Å². The van der Waals surface area contributed by atoms with E-state index in [2.05, 4.69) is 15.4 Å². The lowest BCUT2D eigenvalue weighted by Crippen LogP contribution is -2.29. The molecule has 0 atom stereocenters. The van der Waals surface area contributed by atoms with Gasteiger partial charge in [-0.15, -0.1) is 0 Å². The van der Waals surface area contributed by atoms with Gasteiger partial charge in [0.05, 0.1) is 17.4 Å². The number of halogens is 1. The van der Waals surface area contributed by atoms with E-state index >= 15 is 0 Å². The summed E-state index contributed by atoms with van der Waals surface area (Å²) in [6.45, 7) is 1.97. The topological polar surface area (TPSA) is 76.9 Å². The Morgan fingerprint density at radius 3 is 2.75 bits per heavy atom. The molecule has 0 spiro atoms. The summed E-state index contributed by atoms with van der Waals surface area (Å²) in [6.07, 6.45) is 5.42. The van der Waals surface area contributed by atoms with Gasteiger partial charge >= 0.3 is 0 Å². The Balaban J connectivity index is 1.94. The average molecular weight is 395 g/mol. The second-order valence-corrected chi connectivity index (χ2v) is 7.40. The highest BCUT2D eigenvalue weighted by molar-refractivity contribution is 6.30. The largest absolute Gasteiger partial charge is 0.349 e. The molecule has 1 aliphatic rings. The maximum Gasteiger partial charge on any atom is 0.291 e. The van der Waals surface area contributed by atoms with E-state index in [1.807, 2.05) is 6.07 Å². The number of ketones is 1. The number of hydrogen-bond acceptors (Lipinski definition) is 5. The minimum atomic E-state index is -0.313. The van der Waals surface area contributed by atoms with Gasteiger partial charge in [-0.25, -0.2) is 4.68 Å². The van der Waals surface area contributed by atoms with Crippen LogP contribution in [0.15, 0.2) is 53.6 Å². The van der Waals surface area contributed by atoms with Crippen LogP contribution in [-0.4, -0.2) is 20.5 Å². The Kier molecular flexibility index (Phi) is 4.96. The van der Waals surface area contributed by atoms with E-state index in [4.69, 9.17) is 11.6 Å². The molecule has 1 aliphatic carbocycles. The summed E-state index contributed by atoms with van der Waals surface area (Å²) in [5.41, 5.74) is 1.92. The molecule has 2 aromatic heterocycles. The van der Waals surface area contributed by atoms with Crippen LogP contribution in [0.3, 0.4) is 0 Å². The number of aromatic nitrogens is 3. The highest BCUT2D eigenvalue weighted by Gasteiger charge is 2.27. The Bertz CT molecular complexity index is 1090. The SMILES string of the molecule is CC(=O)c1c(-c2cccc(Cl)c2)nn(CC2CC2)c(=O)c1Nc1cccnc1. The molecule has 1 aromatic carbocycles. The van der Waals surface area contributed by atoms with E-state index < -0.39 is 0 Å². The molecule has 6 nitrogen and oxygen atoms in total. The van der Waals surface area contributed by atoms with Gasteiger partial charge < -0.3 is 5.32 Å². The molecule has 0 aliphatic heterocycles. The predicted octanol–water partition coefficient (Wildman–Crippen LogP) is 4.31. The van der Waals surface area contributed by atoms with Crippen LogP contribution in [0.5, 0.6) is 0 Å². The van der Waals surface area contributed by atoms with E-state index in [9.17, 15) is 9.59 Å². The molecule has 0 bridgehead atoms. The van der Waals surface area contributed by atoms with E-state index in [-0.39, 0.29) is 22.6 Å². The number of benzene rings is 1. The summed E-state index contributed by atoms with van der Waals surface area (Å²) in [6, 6.07) is 10.7. The van der Waals surface area contributed by atoms with Crippen molar-refractivity contribution in [3.05, 3.63) is 69.7 Å². The highest BCUT2D eigenvalue weighted by atomic mass is 35.5. The Morgan fingerprint density at radius 1 is 1.29 bits per heavy atom. The fourth-order valence-electron chi connectivity index (χ4n) is 3.12. The smallest absolute Gasteiger partial charge is 0.291 e. The summed E-state index contributed by atoms with van der Waals surface area (Å²) in [7, 11) is 0. The number of Topliss-reactive ketones (excluding diaryl/α,β-unsaturated/α-hetero) is 1. The number of carbonyl (C=O) groups is 1. The Hall–Kier alpha value is -2.99. The van der Waals surface area contributed by atoms with Gasteiger partial charge in [0.25, 0.3) is 5.56 Å². The fourth-order valence-corrected chi connectivity index (χ4v) is 3.31. The minimum Gasteiger partial charge on any atom is -0.349 e. The monoisotopic (exact) mass is 394 g/mol. The lowest BCUT2D eigenvalue weighted by Gasteiger charge is -2.16. The molecule has 0 radical (unpaired) electrons. The van der Waals surface area contributed by atoms with Crippen LogP contribution in [-0.2, 0) is 6.54 Å². The van der Waals surface area contributed by atoms with Gasteiger partial charge in [-0.2, -0.15) is 5.10 Å². The number of hydrogen-bond donors (Lipinski definition) is 1. The number of rotatable bonds is 6. The van der Waals surface area contributed by atoms with E-state index in [0.717, 1.165) is 12.8 Å². The molecule has 2 heterocycles. The summed E-state index contributed by atoms with van der Waals surface area (Å²) in [4.78, 5) is 29.8. The van der Waals surface area contributed by atoms with Gasteiger partial charge in [0.1, 0.15) is 11.4 Å². The van der Waals surface area contributed by atoms with Crippen molar-refractivity contribution in [3.63, 3.8) is 0 Å². The van der Waals surface area contributed by atoms with Gasteiger partial charge in [-0.1, -0.05) is 23.7 Å². The van der Waals surface area contributed by atoms with Gasteiger partial charge in [0, 0.05) is 23.3 Å². The Morgan fingerprint density at radius 2 is 2.11 bits per heavy atom. The summed E-state index contributed by atoms with van der Waals surface area (Å²) >= 11 is 6.16. The van der Waals surface area contributed by atoms with E-state index in [0.29, 0.717) is 34.4 Å². The first kappa shape index (κ1) is 18.4. The van der Waals surface area contributed by atoms with Gasteiger partial charge in [0.15, 0.2) is 5.78 Å². The molecular formula is C21H19ClN4O2. The third-order valence-electron chi connectivity index (χ3n) is 4.66. The maximum absolute atomic E-state index is 13.2. The van der Waals surface area contributed by atoms with Crippen LogP contribution in [0.1, 0.15) is 30.1 Å². The van der Waals surface area contributed by atoms with Gasteiger partial charge in [0.2, 0.25) is 0 Å². The molecule has 142 valence electrons. The van der Waals surface area contributed by atoms with Gasteiger partial charge in [-0.05, 0) is 49.9 Å². The predicted molar refractivity (Wildman–Crippen MR) is 109 cm³/mol. The van der Waals surface area contributed by atoms with E-state index in [1.165, 1.54) is 11.6 Å². The van der Waals surface area contributed by atoms with E-state index in [1.54, 1.807) is 42.7 Å². The van der Waals surface area contributed by atoms with Crippen molar-refractivity contribution in [3.8, 4) is 11.3 Å². The first-order valence-corrected chi connectivity index (χ1v) is 9.50. The van der Waals surface area contributed by atoms with Crippen molar-refractivity contribution in [1.29, 1.82) is 0 Å². The third kappa shape index (κ3) is 3.82. The molecule has 4 rings (SSSR count). The van der Waals surface area contributed by atoms with Crippen molar-refractivity contribution in [2.75, 3.05) is 5.32 Å². The van der Waals surface area contributed by atoms with Crippen LogP contribution in [0.25, 0.3) is 11.3 Å². The Labute approximate surface area is 167 Å². The zero-order valence-corrected chi connectivity index (χ0v) is 16.1. The number of pyridine rings is 1. The molecule has 3 aromatic rings. The second-order valence-electron chi connectivity index (χ2n) is 6.96. The third-order valence-corrected chi connectivity index (χ3v) is 4.90. The van der Waals surface area contributed by atoms with Crippen LogP contribution in [0.2, 0.25) is 5.02 Å². The quantitative estimate of drug-likeness (QED) is 0.630. The lowest BCUT2D eigenvalue weighted by molar-refractivity contribution is 0.101. The minimum absolute atomic E-state index is 0.214. The normalized spacial score (nSPS) is 13.4. The molecular weight excluding hydrogens is 376 g/mol. The summed E-state index contributed by atoms with van der Waals surface area (Å²) < 4.78 is 1.46. The maximum atomic E-state index is 13.2. The second kappa shape index (κ2) is 7.56. The van der Waals surface area contributed by atoms with Crippen molar-refractivity contribution < 1.29 is 4.79 Å². The molecule has 1 N–H and O–H groups in total. The highest BCUT2D eigenvalue weighted by Crippen LogP contribution is 2.32. The number of anilines is 2. The summed E-state index contributed by atoms with van der Waals surface area (Å²) in [5, 5.41) is 8.19. The van der Waals surface area contributed by atoms with Crippen LogP contribution in [0.4, 0.5) is 11.4 Å². The average Bonchev–Trinajstić information content (AvgIpc) is 3.49. The molecule has 1 saturated carbocycles. The first-order valence-electron chi connectivity index (χ1n) is 9.12. The zero-order valence-electron chi connectivity index (χ0n) is 15.4.